The Hall–Kier alpha value is -5.01. The standard InChI is InChI=1S/C38H37F6N3O4/c1-7-23-17-46(18-23)10-9-25-19-47(31(48)15-28(25)38(42,43)44)30(11-20(3)4)37(51)45-29(16-32(49)50)34-35(40)24(8-2)14-27(36(34)41)33-21(5)12-26(39)13-22(33)6/h1-2,12-15,19-20,23,29-30H,9-11,16-18H2,3-6H3,(H,45,51)(H,49,50)/t29-,30+/m0/s1. The number of carbonyl (C=O) groups is 2. The van der Waals surface area contributed by atoms with Crippen molar-refractivity contribution in [2.75, 3.05) is 19.6 Å². The van der Waals surface area contributed by atoms with Gasteiger partial charge in [-0.2, -0.15) is 13.2 Å². The first kappa shape index (κ1) is 38.8. The molecule has 2 N–H and O–H groups in total. The summed E-state index contributed by atoms with van der Waals surface area (Å²) in [6.45, 7) is 7.54. The molecule has 1 saturated heterocycles. The van der Waals surface area contributed by atoms with Gasteiger partial charge in [0.25, 0.3) is 5.56 Å². The van der Waals surface area contributed by atoms with Gasteiger partial charge >= 0.3 is 12.1 Å². The summed E-state index contributed by atoms with van der Waals surface area (Å²) in [5, 5.41) is 12.1. The van der Waals surface area contributed by atoms with E-state index in [1.54, 1.807) is 13.8 Å². The number of benzene rings is 2. The molecular weight excluding hydrogens is 676 g/mol. The molecule has 4 rings (SSSR count). The highest BCUT2D eigenvalue weighted by Gasteiger charge is 2.37. The Kier molecular flexibility index (Phi) is 11.8. The van der Waals surface area contributed by atoms with Gasteiger partial charge in [0.05, 0.1) is 23.6 Å². The number of alkyl halides is 3. The first-order valence-corrected chi connectivity index (χ1v) is 16.1. The van der Waals surface area contributed by atoms with Crippen molar-refractivity contribution in [3.63, 3.8) is 0 Å². The second kappa shape index (κ2) is 15.5. The lowest BCUT2D eigenvalue weighted by molar-refractivity contribution is -0.139. The minimum atomic E-state index is -4.89. The third-order valence-corrected chi connectivity index (χ3v) is 8.89. The number of carboxylic acid groups (broad SMARTS) is 1. The molecule has 1 aliphatic rings. The van der Waals surface area contributed by atoms with Crippen LogP contribution in [-0.2, 0) is 22.2 Å². The number of nitrogens with zero attached hydrogens (tertiary/aromatic N) is 2. The van der Waals surface area contributed by atoms with E-state index >= 15 is 8.78 Å². The Morgan fingerprint density at radius 3 is 2.20 bits per heavy atom. The molecule has 1 aliphatic heterocycles. The average Bonchev–Trinajstić information content (AvgIpc) is 2.99. The fraction of sp³-hybridized carbons (Fsp3) is 0.395. The van der Waals surface area contributed by atoms with Gasteiger partial charge in [0.2, 0.25) is 5.91 Å². The van der Waals surface area contributed by atoms with Gasteiger partial charge in [-0.05, 0) is 73.1 Å². The van der Waals surface area contributed by atoms with Crippen molar-refractivity contribution >= 4 is 11.9 Å². The molecule has 51 heavy (non-hydrogen) atoms. The maximum atomic E-state index is 16.5. The van der Waals surface area contributed by atoms with Crippen LogP contribution in [0.1, 0.15) is 72.2 Å². The van der Waals surface area contributed by atoms with Crippen LogP contribution in [0.2, 0.25) is 0 Å². The van der Waals surface area contributed by atoms with E-state index in [2.05, 4.69) is 17.2 Å². The zero-order valence-electron chi connectivity index (χ0n) is 28.4. The van der Waals surface area contributed by atoms with Crippen LogP contribution in [0.15, 0.2) is 35.3 Å². The highest BCUT2D eigenvalue weighted by Crippen LogP contribution is 2.38. The van der Waals surface area contributed by atoms with E-state index in [4.69, 9.17) is 12.8 Å². The lowest BCUT2D eigenvalue weighted by Gasteiger charge is -2.36. The molecule has 2 heterocycles. The van der Waals surface area contributed by atoms with Crippen molar-refractivity contribution in [3.05, 3.63) is 91.6 Å². The number of amides is 1. The number of aryl methyl sites for hydroxylation is 2. The third-order valence-electron chi connectivity index (χ3n) is 8.89. The number of terminal acetylenes is 2. The van der Waals surface area contributed by atoms with Crippen molar-refractivity contribution in [1.82, 2.24) is 14.8 Å². The van der Waals surface area contributed by atoms with Crippen LogP contribution < -0.4 is 10.9 Å². The molecular formula is C38H37F6N3O4. The maximum Gasteiger partial charge on any atom is 0.416 e. The SMILES string of the molecule is C#Cc1cc(-c2c(C)cc(F)cc2C)c(F)c([C@H](CC(=O)O)NC(=O)[C@@H](CC(C)C)n2cc(CCN3CC(C#C)C3)c(C(F)(F)F)cc2=O)c1F. The van der Waals surface area contributed by atoms with E-state index in [-0.39, 0.29) is 59.0 Å². The van der Waals surface area contributed by atoms with E-state index in [0.29, 0.717) is 19.2 Å². The quantitative estimate of drug-likeness (QED) is 0.164. The topological polar surface area (TPSA) is 91.6 Å². The number of rotatable bonds is 12. The minimum Gasteiger partial charge on any atom is -0.481 e. The number of hydrogen-bond acceptors (Lipinski definition) is 4. The largest absolute Gasteiger partial charge is 0.481 e. The van der Waals surface area contributed by atoms with Gasteiger partial charge in [-0.15, -0.1) is 18.8 Å². The van der Waals surface area contributed by atoms with Gasteiger partial charge in [0.15, 0.2) is 0 Å². The number of halogens is 6. The predicted molar refractivity (Wildman–Crippen MR) is 179 cm³/mol. The number of hydrogen-bond donors (Lipinski definition) is 2. The van der Waals surface area contributed by atoms with Crippen LogP contribution in [0.4, 0.5) is 26.3 Å². The van der Waals surface area contributed by atoms with E-state index in [0.717, 1.165) is 29.0 Å². The summed E-state index contributed by atoms with van der Waals surface area (Å²) in [7, 11) is 0. The normalized spacial score (nSPS) is 14.8. The first-order valence-electron chi connectivity index (χ1n) is 16.1. The maximum absolute atomic E-state index is 16.5. The van der Waals surface area contributed by atoms with Gasteiger partial charge in [-0.25, -0.2) is 13.2 Å². The van der Waals surface area contributed by atoms with Crippen molar-refractivity contribution in [1.29, 1.82) is 0 Å². The second-order valence-electron chi connectivity index (χ2n) is 13.2. The molecule has 1 aromatic heterocycles. The predicted octanol–water partition coefficient (Wildman–Crippen LogP) is 6.58. The van der Waals surface area contributed by atoms with Crippen LogP contribution in [0.25, 0.3) is 11.1 Å². The van der Waals surface area contributed by atoms with Crippen LogP contribution in [0.5, 0.6) is 0 Å². The van der Waals surface area contributed by atoms with Gasteiger partial charge < -0.3 is 19.9 Å². The number of carboxylic acids is 1. The monoisotopic (exact) mass is 713 g/mol. The van der Waals surface area contributed by atoms with Crippen LogP contribution in [0.3, 0.4) is 0 Å². The molecule has 0 aliphatic carbocycles. The Labute approximate surface area is 291 Å². The number of nitrogens with one attached hydrogen (secondary N) is 1. The van der Waals surface area contributed by atoms with E-state index in [9.17, 15) is 37.1 Å². The van der Waals surface area contributed by atoms with Crippen LogP contribution >= 0.6 is 0 Å². The lowest BCUT2D eigenvalue weighted by Crippen LogP contribution is -2.46. The molecule has 0 radical (unpaired) electrons. The second-order valence-corrected chi connectivity index (χ2v) is 13.2. The molecule has 2 aromatic carbocycles. The summed E-state index contributed by atoms with van der Waals surface area (Å²) in [6.07, 6.45) is 5.73. The minimum absolute atomic E-state index is 0.0188. The number of pyridine rings is 1. The first-order chi connectivity index (χ1) is 23.9. The molecule has 0 unspecified atom stereocenters. The highest BCUT2D eigenvalue weighted by atomic mass is 19.4. The Morgan fingerprint density at radius 1 is 1.04 bits per heavy atom. The Morgan fingerprint density at radius 2 is 1.67 bits per heavy atom. The molecule has 13 heteroatoms. The lowest BCUT2D eigenvalue weighted by atomic mass is 9.89. The average molecular weight is 714 g/mol. The molecule has 3 aromatic rings. The molecule has 0 bridgehead atoms. The highest BCUT2D eigenvalue weighted by molar-refractivity contribution is 5.82. The van der Waals surface area contributed by atoms with Crippen LogP contribution in [0, 0.1) is 67.8 Å². The summed E-state index contributed by atoms with van der Waals surface area (Å²) < 4.78 is 89.6. The van der Waals surface area contributed by atoms with Gasteiger partial charge in [0, 0.05) is 48.9 Å². The molecule has 7 nitrogen and oxygen atoms in total. The molecule has 1 amide bonds. The van der Waals surface area contributed by atoms with Crippen molar-refractivity contribution in [2.24, 2.45) is 11.8 Å². The van der Waals surface area contributed by atoms with E-state index in [1.807, 2.05) is 4.90 Å². The van der Waals surface area contributed by atoms with Crippen molar-refractivity contribution in [2.45, 2.75) is 65.2 Å². The zero-order chi connectivity index (χ0) is 37.9. The Balaban J connectivity index is 1.82. The summed E-state index contributed by atoms with van der Waals surface area (Å²) in [5.41, 5.74) is -3.50. The number of aliphatic carboxylic acids is 1. The van der Waals surface area contributed by atoms with Gasteiger partial charge in [0.1, 0.15) is 23.5 Å². The fourth-order valence-corrected chi connectivity index (χ4v) is 6.48. The fourth-order valence-electron chi connectivity index (χ4n) is 6.48. The molecule has 0 saturated carbocycles. The van der Waals surface area contributed by atoms with E-state index < -0.39 is 76.3 Å². The van der Waals surface area contributed by atoms with Gasteiger partial charge in [-0.3, -0.25) is 14.4 Å². The summed E-state index contributed by atoms with van der Waals surface area (Å²) in [6, 6.07) is 0.284. The summed E-state index contributed by atoms with van der Waals surface area (Å²) in [5.74, 6) is -1.49. The molecule has 0 spiro atoms. The third kappa shape index (κ3) is 8.66. The van der Waals surface area contributed by atoms with Crippen LogP contribution in [-0.4, -0.2) is 46.1 Å². The molecule has 270 valence electrons. The van der Waals surface area contributed by atoms with Crippen molar-refractivity contribution < 1.29 is 41.0 Å². The summed E-state index contributed by atoms with van der Waals surface area (Å²) in [4.78, 5) is 41.2. The molecule has 1 fully saturated rings. The number of aromatic nitrogens is 1. The van der Waals surface area contributed by atoms with Gasteiger partial charge in [-0.1, -0.05) is 19.8 Å². The smallest absolute Gasteiger partial charge is 0.416 e. The number of carbonyl (C=O) groups excluding carboxylic acids is 1. The number of likely N-dealkylation sites (tertiary alicyclic amines) is 1. The van der Waals surface area contributed by atoms with E-state index in [1.165, 1.54) is 13.8 Å². The molecule has 2 atom stereocenters. The Bertz CT molecular complexity index is 1960. The summed E-state index contributed by atoms with van der Waals surface area (Å²) >= 11 is 0. The van der Waals surface area contributed by atoms with Crippen molar-refractivity contribution in [3.8, 4) is 35.8 Å². The zero-order valence-corrected chi connectivity index (χ0v) is 28.4.